The number of allylic oxidation sites excluding steroid dienone is 2. The summed E-state index contributed by atoms with van der Waals surface area (Å²) in [6, 6.07) is -0.00774. The molecule has 0 bridgehead atoms. The number of hydrogen-bond acceptors (Lipinski definition) is 5. The summed E-state index contributed by atoms with van der Waals surface area (Å²) in [4.78, 5) is 21.1. The molecule has 1 saturated carbocycles. The van der Waals surface area contributed by atoms with Crippen LogP contribution in [0, 0.1) is 0 Å². The van der Waals surface area contributed by atoms with Gasteiger partial charge in [0.15, 0.2) is 0 Å². The summed E-state index contributed by atoms with van der Waals surface area (Å²) in [7, 11) is 0. The van der Waals surface area contributed by atoms with Crippen molar-refractivity contribution in [1.29, 1.82) is 0 Å². The Morgan fingerprint density at radius 3 is 2.88 bits per heavy atom. The number of rotatable bonds is 8. The van der Waals surface area contributed by atoms with E-state index in [1.54, 1.807) is 16.2 Å². The maximum atomic E-state index is 12.9. The lowest BCUT2D eigenvalue weighted by Crippen LogP contribution is -2.33. The van der Waals surface area contributed by atoms with Gasteiger partial charge in [-0.05, 0) is 39.0 Å². The van der Waals surface area contributed by atoms with Crippen molar-refractivity contribution in [3.05, 3.63) is 17.2 Å². The van der Waals surface area contributed by atoms with Gasteiger partial charge in [0.05, 0.1) is 6.54 Å². The van der Waals surface area contributed by atoms with E-state index in [9.17, 15) is 4.79 Å². The third-order valence-electron chi connectivity index (χ3n) is 4.68. The van der Waals surface area contributed by atoms with Crippen LogP contribution in [0.15, 0.2) is 17.1 Å². The van der Waals surface area contributed by atoms with Gasteiger partial charge in [-0.25, -0.2) is 9.69 Å². The molecule has 25 heavy (non-hydrogen) atoms. The number of amidine groups is 1. The zero-order valence-electron chi connectivity index (χ0n) is 15.1. The second-order valence-electron chi connectivity index (χ2n) is 6.60. The molecule has 1 saturated heterocycles. The van der Waals surface area contributed by atoms with Crippen LogP contribution in [0.5, 0.6) is 0 Å². The molecule has 0 atom stereocenters. The Morgan fingerprint density at radius 2 is 2.20 bits per heavy atom. The van der Waals surface area contributed by atoms with E-state index in [1.165, 1.54) is 19.3 Å². The number of urea groups is 1. The minimum atomic E-state index is -0.00774. The van der Waals surface area contributed by atoms with Crippen molar-refractivity contribution >= 4 is 28.3 Å². The topological polar surface area (TPSA) is 61.7 Å². The highest BCUT2D eigenvalue weighted by Gasteiger charge is 2.37. The Kier molecular flexibility index (Phi) is 6.18. The van der Waals surface area contributed by atoms with Gasteiger partial charge in [-0.1, -0.05) is 36.8 Å². The molecule has 7 heteroatoms. The van der Waals surface area contributed by atoms with Crippen LogP contribution >= 0.6 is 11.3 Å². The third kappa shape index (κ3) is 4.08. The van der Waals surface area contributed by atoms with E-state index in [-0.39, 0.29) is 6.03 Å². The van der Waals surface area contributed by atoms with Crippen molar-refractivity contribution in [2.45, 2.75) is 58.3 Å². The highest BCUT2D eigenvalue weighted by Crippen LogP contribution is 2.39. The van der Waals surface area contributed by atoms with Gasteiger partial charge < -0.3 is 4.90 Å². The second-order valence-corrected chi connectivity index (χ2v) is 7.59. The average Bonchev–Trinajstić information content (AvgIpc) is 3.13. The molecule has 3 rings (SSSR count). The Balaban J connectivity index is 1.73. The summed E-state index contributed by atoms with van der Waals surface area (Å²) < 4.78 is 0. The molecule has 0 radical (unpaired) electrons. The summed E-state index contributed by atoms with van der Waals surface area (Å²) in [6.07, 6.45) is 10.8. The fourth-order valence-corrected chi connectivity index (χ4v) is 4.02. The Bertz CT molecular complexity index is 650. The van der Waals surface area contributed by atoms with E-state index in [0.717, 1.165) is 43.2 Å². The van der Waals surface area contributed by atoms with Crippen LogP contribution in [0.3, 0.4) is 0 Å². The minimum absolute atomic E-state index is 0.00774. The summed E-state index contributed by atoms with van der Waals surface area (Å²) in [5.41, 5.74) is 0. The maximum absolute atomic E-state index is 12.9. The molecule has 2 aliphatic rings. The Labute approximate surface area is 153 Å². The molecule has 2 heterocycles. The van der Waals surface area contributed by atoms with Gasteiger partial charge in [0.25, 0.3) is 0 Å². The highest BCUT2D eigenvalue weighted by molar-refractivity contribution is 7.15. The monoisotopic (exact) mass is 361 g/mol. The van der Waals surface area contributed by atoms with E-state index >= 15 is 0 Å². The van der Waals surface area contributed by atoms with E-state index < -0.39 is 0 Å². The predicted molar refractivity (Wildman–Crippen MR) is 103 cm³/mol. The maximum Gasteiger partial charge on any atom is 0.332 e. The van der Waals surface area contributed by atoms with E-state index in [4.69, 9.17) is 0 Å². The van der Waals surface area contributed by atoms with E-state index in [0.29, 0.717) is 17.6 Å². The average molecular weight is 362 g/mol. The smallest absolute Gasteiger partial charge is 0.316 e. The SMILES string of the molecule is CC=CCCCN1CC(=NCCC)N(c2nnc(C3CCC3)s2)C1=O. The standard InChI is InChI=1S/C18H27N5OS/c1-3-5-6-7-12-22-13-15(19-11-4-2)23(18(22)24)17-21-20-16(25-17)14-9-8-10-14/h3,5,14H,4,6-13H2,1-2H3. The summed E-state index contributed by atoms with van der Waals surface area (Å²) in [5, 5.41) is 10.4. The van der Waals surface area contributed by atoms with Crippen molar-refractivity contribution in [2.75, 3.05) is 24.5 Å². The largest absolute Gasteiger partial charge is 0.332 e. The van der Waals surface area contributed by atoms with Crippen LogP contribution in [-0.2, 0) is 0 Å². The lowest BCUT2D eigenvalue weighted by atomic mass is 9.86. The van der Waals surface area contributed by atoms with Crippen molar-refractivity contribution in [2.24, 2.45) is 4.99 Å². The van der Waals surface area contributed by atoms with Crippen LogP contribution < -0.4 is 4.90 Å². The number of unbranched alkanes of at least 4 members (excludes halogenated alkanes) is 1. The number of carbonyl (C=O) groups is 1. The zero-order chi connectivity index (χ0) is 17.6. The first-order valence-electron chi connectivity index (χ1n) is 9.31. The molecule has 1 aliphatic heterocycles. The van der Waals surface area contributed by atoms with E-state index in [2.05, 4.69) is 34.3 Å². The van der Waals surface area contributed by atoms with Gasteiger partial charge in [0.1, 0.15) is 10.8 Å². The third-order valence-corrected chi connectivity index (χ3v) is 5.75. The van der Waals surface area contributed by atoms with Gasteiger partial charge in [-0.3, -0.25) is 4.99 Å². The van der Waals surface area contributed by atoms with Crippen molar-refractivity contribution in [3.63, 3.8) is 0 Å². The van der Waals surface area contributed by atoms with Crippen LogP contribution in [0.2, 0.25) is 0 Å². The zero-order valence-corrected chi connectivity index (χ0v) is 16.0. The normalized spacial score (nSPS) is 20.2. The number of anilines is 1. The predicted octanol–water partition coefficient (Wildman–Crippen LogP) is 4.21. The van der Waals surface area contributed by atoms with Crippen LogP contribution in [0.4, 0.5) is 9.93 Å². The number of nitrogens with zero attached hydrogens (tertiary/aromatic N) is 5. The molecule has 1 aromatic rings. The van der Waals surface area contributed by atoms with Crippen LogP contribution in [0.25, 0.3) is 0 Å². The number of amides is 2. The molecule has 136 valence electrons. The Morgan fingerprint density at radius 1 is 1.36 bits per heavy atom. The molecular formula is C18H27N5OS. The molecule has 2 amide bonds. The molecule has 6 nitrogen and oxygen atoms in total. The Hall–Kier alpha value is -1.76. The first kappa shape index (κ1) is 18.0. The molecule has 0 N–H and O–H groups in total. The van der Waals surface area contributed by atoms with Crippen LogP contribution in [-0.4, -0.2) is 46.6 Å². The van der Waals surface area contributed by atoms with Crippen molar-refractivity contribution < 1.29 is 4.79 Å². The molecular weight excluding hydrogens is 334 g/mol. The van der Waals surface area contributed by atoms with Gasteiger partial charge in [-0.2, -0.15) is 0 Å². The molecule has 0 spiro atoms. The molecule has 0 aromatic carbocycles. The number of carbonyl (C=O) groups excluding carboxylic acids is 1. The summed E-state index contributed by atoms with van der Waals surface area (Å²) in [6.45, 7) is 6.18. The quantitative estimate of drug-likeness (QED) is 0.515. The lowest BCUT2D eigenvalue weighted by Gasteiger charge is -2.21. The molecule has 1 aromatic heterocycles. The summed E-state index contributed by atoms with van der Waals surface area (Å²) in [5.74, 6) is 1.35. The molecule has 1 aliphatic carbocycles. The molecule has 0 unspecified atom stereocenters. The minimum Gasteiger partial charge on any atom is -0.316 e. The number of aliphatic imine (C=N–C) groups is 1. The van der Waals surface area contributed by atoms with Gasteiger partial charge in [0.2, 0.25) is 5.13 Å². The van der Waals surface area contributed by atoms with Gasteiger partial charge in [0, 0.05) is 19.0 Å². The van der Waals surface area contributed by atoms with Gasteiger partial charge in [-0.15, -0.1) is 10.2 Å². The highest BCUT2D eigenvalue weighted by atomic mass is 32.1. The fraction of sp³-hybridized carbons (Fsp3) is 0.667. The van der Waals surface area contributed by atoms with Crippen LogP contribution in [0.1, 0.15) is 63.3 Å². The van der Waals surface area contributed by atoms with Crippen molar-refractivity contribution in [3.8, 4) is 0 Å². The van der Waals surface area contributed by atoms with E-state index in [1.807, 2.05) is 11.8 Å². The second kappa shape index (κ2) is 8.56. The number of aromatic nitrogens is 2. The summed E-state index contributed by atoms with van der Waals surface area (Å²) >= 11 is 1.55. The fourth-order valence-electron chi connectivity index (χ4n) is 2.99. The first-order valence-corrected chi connectivity index (χ1v) is 10.1. The lowest BCUT2D eigenvalue weighted by molar-refractivity contribution is 0.220. The number of hydrogen-bond donors (Lipinski definition) is 0. The molecule has 2 fully saturated rings. The van der Waals surface area contributed by atoms with Gasteiger partial charge >= 0.3 is 6.03 Å². The van der Waals surface area contributed by atoms with Crippen molar-refractivity contribution in [1.82, 2.24) is 15.1 Å². The first-order chi connectivity index (χ1) is 12.2.